The van der Waals surface area contributed by atoms with Crippen molar-refractivity contribution in [3.63, 3.8) is 0 Å². The molecule has 3 aliphatic rings. The van der Waals surface area contributed by atoms with E-state index < -0.39 is 22.0 Å². The van der Waals surface area contributed by atoms with Crippen molar-refractivity contribution >= 4 is 33.4 Å². The molecule has 2 saturated heterocycles. The predicted octanol–water partition coefficient (Wildman–Crippen LogP) is 2.39. The van der Waals surface area contributed by atoms with Gasteiger partial charge >= 0.3 is 0 Å². The molecule has 10 heteroatoms. The van der Waals surface area contributed by atoms with Gasteiger partial charge in [0.2, 0.25) is 11.8 Å². The molecule has 1 aromatic rings. The highest BCUT2D eigenvalue weighted by molar-refractivity contribution is 7.89. The van der Waals surface area contributed by atoms with Crippen molar-refractivity contribution in [2.24, 2.45) is 0 Å². The molecule has 180 valence electrons. The minimum Gasteiger partial charge on any atom is -0.341 e. The van der Waals surface area contributed by atoms with E-state index in [1.807, 2.05) is 0 Å². The van der Waals surface area contributed by atoms with Crippen molar-refractivity contribution in [1.29, 1.82) is 0 Å². The highest BCUT2D eigenvalue weighted by Gasteiger charge is 2.39. The number of nitrogens with one attached hydrogen (secondary N) is 1. The Balaban J connectivity index is 1.54. The van der Waals surface area contributed by atoms with E-state index in [2.05, 4.69) is 10.2 Å². The zero-order valence-corrected chi connectivity index (χ0v) is 20.7. The third kappa shape index (κ3) is 4.90. The third-order valence-electron chi connectivity index (χ3n) is 6.84. The third-order valence-corrected chi connectivity index (χ3v) is 9.18. The lowest BCUT2D eigenvalue weighted by atomic mass is 10.0. The summed E-state index contributed by atoms with van der Waals surface area (Å²) in [6.45, 7) is 6.79. The molecule has 8 nitrogen and oxygen atoms in total. The van der Waals surface area contributed by atoms with Crippen LogP contribution in [0.4, 0.5) is 0 Å². The van der Waals surface area contributed by atoms with Crippen LogP contribution in [0.5, 0.6) is 0 Å². The van der Waals surface area contributed by atoms with E-state index in [1.54, 1.807) is 24.8 Å². The minimum atomic E-state index is -4.07. The Bertz CT molecular complexity index is 1070. The van der Waals surface area contributed by atoms with Crippen LogP contribution < -0.4 is 5.32 Å². The van der Waals surface area contributed by atoms with Crippen LogP contribution in [-0.4, -0.2) is 72.6 Å². The van der Waals surface area contributed by atoms with Gasteiger partial charge in [0.15, 0.2) is 0 Å². The van der Waals surface area contributed by atoms with E-state index in [1.165, 1.54) is 31.3 Å². The predicted molar refractivity (Wildman–Crippen MR) is 126 cm³/mol. The number of piperidine rings is 1. The molecular formula is C23H31ClN4O4S. The summed E-state index contributed by atoms with van der Waals surface area (Å²) >= 11 is 6.15. The topological polar surface area (TPSA) is 90.0 Å². The second-order valence-corrected chi connectivity index (χ2v) is 11.3. The first-order chi connectivity index (χ1) is 15.7. The standard InChI is InChI=1S/C23H31ClN4O4S/c1-16-13-21(17(2)12-19(16)24)33(31,32)28-11-7-25-23(30)20(28)14-22(29)27-10-5-6-18(15-27)26-8-3-4-9-26/h7,11-13,18,20H,3-6,8-10,14-15H2,1-2H3,(H,25,30)/t18-,20+/m0/s1. The Kier molecular flexibility index (Phi) is 7.02. The lowest BCUT2D eigenvalue weighted by molar-refractivity contribution is -0.137. The summed E-state index contributed by atoms with van der Waals surface area (Å²) in [5.74, 6) is -0.704. The van der Waals surface area contributed by atoms with Crippen molar-refractivity contribution in [3.8, 4) is 0 Å². The van der Waals surface area contributed by atoms with Gasteiger partial charge in [0, 0.05) is 36.6 Å². The molecule has 0 saturated carbocycles. The smallest absolute Gasteiger partial charge is 0.264 e. The first kappa shape index (κ1) is 24.0. The maximum Gasteiger partial charge on any atom is 0.264 e. The highest BCUT2D eigenvalue weighted by atomic mass is 35.5. The van der Waals surface area contributed by atoms with Crippen LogP contribution in [0, 0.1) is 13.8 Å². The normalized spacial score (nSPS) is 24.3. The molecule has 2 fully saturated rings. The van der Waals surface area contributed by atoms with E-state index in [0.717, 1.165) is 30.2 Å². The van der Waals surface area contributed by atoms with Crippen molar-refractivity contribution in [2.75, 3.05) is 26.2 Å². The Morgan fingerprint density at radius 3 is 2.58 bits per heavy atom. The molecule has 2 amide bonds. The number of sulfonamides is 1. The Morgan fingerprint density at radius 1 is 1.12 bits per heavy atom. The average molecular weight is 495 g/mol. The van der Waals surface area contributed by atoms with Gasteiger partial charge < -0.3 is 10.2 Å². The van der Waals surface area contributed by atoms with Gasteiger partial charge in [0.05, 0.1) is 11.3 Å². The summed E-state index contributed by atoms with van der Waals surface area (Å²) in [5, 5.41) is 3.03. The number of rotatable bonds is 5. The maximum atomic E-state index is 13.5. The molecule has 33 heavy (non-hydrogen) atoms. The number of carbonyl (C=O) groups excluding carboxylic acids is 2. The molecule has 3 aliphatic heterocycles. The molecule has 0 aliphatic carbocycles. The van der Waals surface area contributed by atoms with Crippen molar-refractivity contribution in [2.45, 2.75) is 62.9 Å². The molecular weight excluding hydrogens is 464 g/mol. The summed E-state index contributed by atoms with van der Waals surface area (Å²) in [6, 6.07) is 2.31. The van der Waals surface area contributed by atoms with E-state index in [0.29, 0.717) is 35.3 Å². The molecule has 2 atom stereocenters. The number of nitrogens with zero attached hydrogens (tertiary/aromatic N) is 3. The van der Waals surface area contributed by atoms with Gasteiger partial charge in [-0.2, -0.15) is 0 Å². The molecule has 1 N–H and O–H groups in total. The number of carbonyl (C=O) groups is 2. The average Bonchev–Trinajstić information content (AvgIpc) is 3.32. The van der Waals surface area contributed by atoms with E-state index >= 15 is 0 Å². The number of halogens is 1. The van der Waals surface area contributed by atoms with Crippen LogP contribution in [0.15, 0.2) is 29.4 Å². The fraction of sp³-hybridized carbons (Fsp3) is 0.565. The molecule has 1 aromatic carbocycles. The molecule has 0 radical (unpaired) electrons. The number of hydrogen-bond acceptors (Lipinski definition) is 5. The van der Waals surface area contributed by atoms with E-state index in [-0.39, 0.29) is 17.2 Å². The quantitative estimate of drug-likeness (QED) is 0.678. The van der Waals surface area contributed by atoms with Gasteiger partial charge in [0.25, 0.3) is 10.0 Å². The Labute approximate surface area is 200 Å². The largest absolute Gasteiger partial charge is 0.341 e. The lowest BCUT2D eigenvalue weighted by Gasteiger charge is -2.39. The molecule has 3 heterocycles. The van der Waals surface area contributed by atoms with E-state index in [9.17, 15) is 18.0 Å². The number of hydrogen-bond donors (Lipinski definition) is 1. The fourth-order valence-corrected chi connectivity index (χ4v) is 6.93. The fourth-order valence-electron chi connectivity index (χ4n) is 4.97. The Morgan fingerprint density at radius 2 is 1.85 bits per heavy atom. The highest BCUT2D eigenvalue weighted by Crippen LogP contribution is 2.29. The minimum absolute atomic E-state index is 0.0771. The second kappa shape index (κ2) is 9.64. The van der Waals surface area contributed by atoms with Crippen LogP contribution in [-0.2, 0) is 19.6 Å². The summed E-state index contributed by atoms with van der Waals surface area (Å²) in [7, 11) is -4.07. The van der Waals surface area contributed by atoms with Crippen LogP contribution >= 0.6 is 11.6 Å². The van der Waals surface area contributed by atoms with Crippen LogP contribution in [0.3, 0.4) is 0 Å². The molecule has 0 bridgehead atoms. The van der Waals surface area contributed by atoms with Gasteiger partial charge in [-0.15, -0.1) is 0 Å². The van der Waals surface area contributed by atoms with Gasteiger partial charge in [-0.1, -0.05) is 11.6 Å². The summed E-state index contributed by atoms with van der Waals surface area (Å²) in [6.07, 6.45) is 6.77. The molecule has 4 rings (SSSR count). The SMILES string of the molecule is Cc1cc(S(=O)(=O)N2C=CNC(=O)[C@H]2CC(=O)N2CCC[C@H](N3CCCC3)C2)c(C)cc1Cl. The lowest BCUT2D eigenvalue weighted by Crippen LogP contribution is -2.53. The molecule has 0 unspecified atom stereocenters. The molecule has 0 spiro atoms. The first-order valence-electron chi connectivity index (χ1n) is 11.5. The first-order valence-corrected chi connectivity index (χ1v) is 13.3. The second-order valence-electron chi connectivity index (χ2n) is 9.12. The summed E-state index contributed by atoms with van der Waals surface area (Å²) in [4.78, 5) is 30.2. The van der Waals surface area contributed by atoms with Crippen molar-refractivity contribution < 1.29 is 18.0 Å². The van der Waals surface area contributed by atoms with E-state index in [4.69, 9.17) is 11.6 Å². The van der Waals surface area contributed by atoms with Crippen LogP contribution in [0.1, 0.15) is 43.2 Å². The Hall–Kier alpha value is -2.10. The van der Waals surface area contributed by atoms with Gasteiger partial charge in [-0.25, -0.2) is 8.42 Å². The number of aryl methyl sites for hydroxylation is 2. The molecule has 0 aromatic heterocycles. The van der Waals surface area contributed by atoms with Gasteiger partial charge in [0.1, 0.15) is 6.04 Å². The van der Waals surface area contributed by atoms with Crippen molar-refractivity contribution in [1.82, 2.24) is 19.4 Å². The monoisotopic (exact) mass is 494 g/mol. The van der Waals surface area contributed by atoms with Crippen LogP contribution in [0.25, 0.3) is 0 Å². The van der Waals surface area contributed by atoms with Crippen molar-refractivity contribution in [3.05, 3.63) is 40.7 Å². The zero-order valence-electron chi connectivity index (χ0n) is 19.1. The van der Waals surface area contributed by atoms with Crippen LogP contribution in [0.2, 0.25) is 5.02 Å². The maximum absolute atomic E-state index is 13.5. The number of likely N-dealkylation sites (tertiary alicyclic amines) is 2. The number of benzene rings is 1. The zero-order chi connectivity index (χ0) is 23.8. The summed E-state index contributed by atoms with van der Waals surface area (Å²) in [5.41, 5.74) is 1.11. The van der Waals surface area contributed by atoms with Gasteiger partial charge in [-0.05, 0) is 75.9 Å². The summed E-state index contributed by atoms with van der Waals surface area (Å²) < 4.78 is 28.1. The number of amides is 2. The van der Waals surface area contributed by atoms with Gasteiger partial charge in [-0.3, -0.25) is 18.8 Å².